The number of esters is 1. The van der Waals surface area contributed by atoms with E-state index in [-0.39, 0.29) is 30.3 Å². The molecule has 1 unspecified atom stereocenters. The van der Waals surface area contributed by atoms with E-state index in [0.717, 1.165) is 6.20 Å². The van der Waals surface area contributed by atoms with Crippen molar-refractivity contribution in [2.24, 2.45) is 0 Å². The number of aliphatic hydroxyl groups is 1. The molecule has 1 aromatic heterocycles. The summed E-state index contributed by atoms with van der Waals surface area (Å²) in [4.78, 5) is 26.1. The van der Waals surface area contributed by atoms with Crippen molar-refractivity contribution in [2.45, 2.75) is 26.5 Å². The van der Waals surface area contributed by atoms with Crippen LogP contribution in [-0.2, 0) is 11.3 Å². The van der Waals surface area contributed by atoms with Crippen molar-refractivity contribution in [3.63, 3.8) is 0 Å². The third-order valence-electron chi connectivity index (χ3n) is 3.67. The Balaban J connectivity index is 2.10. The average Bonchev–Trinajstić information content (AvgIpc) is 2.93. The fourth-order valence-electron chi connectivity index (χ4n) is 2.40. The molecular weight excluding hydrogens is 330 g/mol. The average molecular weight is 349 g/mol. The second-order valence-corrected chi connectivity index (χ2v) is 5.44. The number of nitrogens with zero attached hydrogens (tertiary/aromatic N) is 3. The number of imidazole rings is 1. The molecule has 1 heterocycles. The van der Waals surface area contributed by atoms with Crippen LogP contribution in [0.1, 0.15) is 21.7 Å². The lowest BCUT2D eigenvalue weighted by molar-refractivity contribution is -0.392. The molecule has 2 aromatic rings. The number of benzene rings is 1. The van der Waals surface area contributed by atoms with Crippen molar-refractivity contribution in [1.29, 1.82) is 0 Å². The number of carbonyl (C=O) groups excluding carboxylic acids is 1. The quantitative estimate of drug-likeness (QED) is 0.459. The molecule has 0 amide bonds. The predicted octanol–water partition coefficient (Wildman–Crippen LogP) is 1.63. The Morgan fingerprint density at radius 1 is 1.44 bits per heavy atom. The highest BCUT2D eigenvalue weighted by atomic mass is 16.6. The van der Waals surface area contributed by atoms with Crippen LogP contribution in [0, 0.1) is 24.0 Å². The zero-order valence-electron chi connectivity index (χ0n) is 14.1. The van der Waals surface area contributed by atoms with E-state index in [4.69, 9.17) is 9.47 Å². The molecule has 0 radical (unpaired) electrons. The number of methoxy groups -OCH3 is 1. The van der Waals surface area contributed by atoms with Crippen molar-refractivity contribution in [3.05, 3.63) is 51.5 Å². The van der Waals surface area contributed by atoms with Gasteiger partial charge in [0, 0.05) is 6.92 Å². The van der Waals surface area contributed by atoms with E-state index in [1.54, 1.807) is 32.0 Å². The lowest BCUT2D eigenvalue weighted by Crippen LogP contribution is -2.25. The minimum absolute atomic E-state index is 0.0540. The Kier molecular flexibility index (Phi) is 5.71. The van der Waals surface area contributed by atoms with E-state index in [9.17, 15) is 20.0 Å². The molecule has 1 atom stereocenters. The minimum atomic E-state index is -1.03. The molecule has 0 spiro atoms. The largest absolute Gasteiger partial charge is 0.490 e. The van der Waals surface area contributed by atoms with Gasteiger partial charge in [0.15, 0.2) is 5.82 Å². The first kappa shape index (κ1) is 18.4. The van der Waals surface area contributed by atoms with Crippen LogP contribution in [0.4, 0.5) is 5.82 Å². The van der Waals surface area contributed by atoms with E-state index in [0.29, 0.717) is 11.4 Å². The van der Waals surface area contributed by atoms with Crippen LogP contribution in [0.25, 0.3) is 0 Å². The molecule has 9 nitrogen and oxygen atoms in total. The summed E-state index contributed by atoms with van der Waals surface area (Å²) in [7, 11) is 1.27. The number of aryl methyl sites for hydroxylation is 2. The van der Waals surface area contributed by atoms with Gasteiger partial charge in [0.1, 0.15) is 36.8 Å². The molecule has 0 fully saturated rings. The van der Waals surface area contributed by atoms with Crippen LogP contribution in [0.15, 0.2) is 24.4 Å². The first-order chi connectivity index (χ1) is 11.8. The monoisotopic (exact) mass is 349 g/mol. The molecular formula is C16H19N3O6. The van der Waals surface area contributed by atoms with Crippen LogP contribution in [0.5, 0.6) is 5.75 Å². The van der Waals surface area contributed by atoms with E-state index in [2.05, 4.69) is 4.98 Å². The van der Waals surface area contributed by atoms with Gasteiger partial charge in [-0.25, -0.2) is 14.3 Å². The Bertz CT molecular complexity index is 786. The van der Waals surface area contributed by atoms with Crippen LogP contribution < -0.4 is 4.74 Å². The van der Waals surface area contributed by atoms with Gasteiger partial charge in [-0.05, 0) is 23.5 Å². The highest BCUT2D eigenvalue weighted by Gasteiger charge is 2.22. The molecule has 0 saturated heterocycles. The number of aromatic nitrogens is 2. The number of hydrogen-bond donors (Lipinski definition) is 1. The maximum Gasteiger partial charge on any atom is 0.342 e. The maximum atomic E-state index is 11.9. The molecule has 0 aliphatic rings. The van der Waals surface area contributed by atoms with Gasteiger partial charge in [0.2, 0.25) is 0 Å². The highest BCUT2D eigenvalue weighted by Crippen LogP contribution is 2.23. The molecule has 1 aromatic carbocycles. The predicted molar refractivity (Wildman–Crippen MR) is 87.6 cm³/mol. The Morgan fingerprint density at radius 2 is 2.16 bits per heavy atom. The summed E-state index contributed by atoms with van der Waals surface area (Å²) in [5.74, 6) is -0.0506. The van der Waals surface area contributed by atoms with Gasteiger partial charge >= 0.3 is 11.8 Å². The Labute approximate surface area is 144 Å². The lowest BCUT2D eigenvalue weighted by Gasteiger charge is -2.15. The van der Waals surface area contributed by atoms with Crippen LogP contribution in [-0.4, -0.2) is 45.4 Å². The van der Waals surface area contributed by atoms with Crippen LogP contribution in [0.2, 0.25) is 0 Å². The molecule has 0 aliphatic carbocycles. The number of aliphatic hydroxyl groups excluding tert-OH is 1. The molecule has 0 saturated carbocycles. The molecule has 1 N–H and O–H groups in total. The first-order valence-corrected chi connectivity index (χ1v) is 7.50. The van der Waals surface area contributed by atoms with Crippen molar-refractivity contribution in [1.82, 2.24) is 9.55 Å². The molecule has 0 bridgehead atoms. The molecule has 134 valence electrons. The molecule has 2 rings (SSSR count). The van der Waals surface area contributed by atoms with E-state index in [1.807, 2.05) is 0 Å². The standard InChI is InChI=1S/C16H19N3O6/c1-10-5-4-6-13(15(10)16(21)24-3)25-9-12(20)8-18-11(2)17-7-14(18)19(22)23/h4-7,12,20H,8-9H2,1-3H3. The van der Waals surface area contributed by atoms with Gasteiger partial charge in [-0.15, -0.1) is 0 Å². The van der Waals surface area contributed by atoms with Gasteiger partial charge in [-0.1, -0.05) is 12.1 Å². The smallest absolute Gasteiger partial charge is 0.342 e. The summed E-state index contributed by atoms with van der Waals surface area (Å²) in [5.41, 5.74) is 0.960. The summed E-state index contributed by atoms with van der Waals surface area (Å²) < 4.78 is 11.6. The third kappa shape index (κ3) is 4.13. The summed E-state index contributed by atoms with van der Waals surface area (Å²) in [5, 5.41) is 21.1. The number of ether oxygens (including phenoxy) is 2. The van der Waals surface area contributed by atoms with E-state index < -0.39 is 17.0 Å². The van der Waals surface area contributed by atoms with E-state index >= 15 is 0 Å². The van der Waals surface area contributed by atoms with Crippen molar-refractivity contribution in [2.75, 3.05) is 13.7 Å². The SMILES string of the molecule is COC(=O)c1c(C)cccc1OCC(O)Cn1c([N+](=O)[O-])cnc1C. The molecule has 25 heavy (non-hydrogen) atoms. The lowest BCUT2D eigenvalue weighted by atomic mass is 10.1. The zero-order chi connectivity index (χ0) is 18.6. The number of nitro groups is 1. The third-order valence-corrected chi connectivity index (χ3v) is 3.67. The maximum absolute atomic E-state index is 11.9. The normalized spacial score (nSPS) is 11.8. The number of carbonyl (C=O) groups is 1. The number of rotatable bonds is 7. The molecule has 9 heteroatoms. The van der Waals surface area contributed by atoms with Crippen molar-refractivity contribution < 1.29 is 24.3 Å². The minimum Gasteiger partial charge on any atom is -0.490 e. The van der Waals surface area contributed by atoms with Crippen LogP contribution in [0.3, 0.4) is 0 Å². The Morgan fingerprint density at radius 3 is 2.80 bits per heavy atom. The fourth-order valence-corrected chi connectivity index (χ4v) is 2.40. The van der Waals surface area contributed by atoms with Crippen molar-refractivity contribution >= 4 is 11.8 Å². The first-order valence-electron chi connectivity index (χ1n) is 7.50. The number of hydrogen-bond acceptors (Lipinski definition) is 7. The summed E-state index contributed by atoms with van der Waals surface area (Å²) in [6, 6.07) is 5.05. The summed E-state index contributed by atoms with van der Waals surface area (Å²) >= 11 is 0. The summed E-state index contributed by atoms with van der Waals surface area (Å²) in [6.45, 7) is 3.15. The van der Waals surface area contributed by atoms with Crippen molar-refractivity contribution in [3.8, 4) is 5.75 Å². The van der Waals surface area contributed by atoms with Crippen LogP contribution >= 0.6 is 0 Å². The van der Waals surface area contributed by atoms with E-state index in [1.165, 1.54) is 11.7 Å². The van der Waals surface area contributed by atoms with Gasteiger partial charge < -0.3 is 24.7 Å². The Hall–Kier alpha value is -2.94. The molecule has 0 aliphatic heterocycles. The second kappa shape index (κ2) is 7.75. The van der Waals surface area contributed by atoms with Gasteiger partial charge in [-0.3, -0.25) is 0 Å². The fraction of sp³-hybridized carbons (Fsp3) is 0.375. The second-order valence-electron chi connectivity index (χ2n) is 5.44. The van der Waals surface area contributed by atoms with Gasteiger partial charge in [0.25, 0.3) is 0 Å². The highest BCUT2D eigenvalue weighted by molar-refractivity contribution is 5.94. The topological polar surface area (TPSA) is 117 Å². The summed E-state index contributed by atoms with van der Waals surface area (Å²) in [6.07, 6.45) is 0.108. The van der Waals surface area contributed by atoms with Gasteiger partial charge in [-0.2, -0.15) is 0 Å². The zero-order valence-corrected chi connectivity index (χ0v) is 14.1. The van der Waals surface area contributed by atoms with Gasteiger partial charge in [0.05, 0.1) is 7.11 Å².